The average Bonchev–Trinajstić information content (AvgIpc) is 2.89. The molecule has 1 heterocycles. The van der Waals surface area contributed by atoms with Gasteiger partial charge in [0.1, 0.15) is 0 Å². The summed E-state index contributed by atoms with van der Waals surface area (Å²) in [4.78, 5) is 15.3. The molecule has 21 heavy (non-hydrogen) atoms. The van der Waals surface area contributed by atoms with Crippen molar-refractivity contribution in [2.45, 2.75) is 45.6 Å². The van der Waals surface area contributed by atoms with Crippen LogP contribution in [0.15, 0.2) is 24.4 Å². The Morgan fingerprint density at radius 1 is 1.43 bits per heavy atom. The second kappa shape index (κ2) is 7.27. The molecule has 1 amide bonds. The summed E-state index contributed by atoms with van der Waals surface area (Å²) in [5, 5.41) is 13.1. The van der Waals surface area contributed by atoms with E-state index < -0.39 is 0 Å². The molecule has 0 fully saturated rings. The SMILES string of the molecule is CCC(CCO)NC(=O)CCc1c[nH]c2c(C)cccc12. The molecule has 0 saturated carbocycles. The largest absolute Gasteiger partial charge is 0.396 e. The maximum atomic E-state index is 12.0. The highest BCUT2D eigenvalue weighted by molar-refractivity contribution is 5.86. The van der Waals surface area contributed by atoms with Crippen LogP contribution in [-0.2, 0) is 11.2 Å². The van der Waals surface area contributed by atoms with E-state index in [-0.39, 0.29) is 18.6 Å². The average molecular weight is 288 g/mol. The van der Waals surface area contributed by atoms with Crippen LogP contribution in [0.2, 0.25) is 0 Å². The van der Waals surface area contributed by atoms with E-state index in [0.717, 1.165) is 18.4 Å². The summed E-state index contributed by atoms with van der Waals surface area (Å²) in [6.45, 7) is 4.21. The number of carbonyl (C=O) groups excluding carboxylic acids is 1. The Bertz CT molecular complexity index is 604. The fraction of sp³-hybridized carbons (Fsp3) is 0.471. The number of rotatable bonds is 7. The minimum atomic E-state index is 0.0531. The van der Waals surface area contributed by atoms with E-state index in [0.29, 0.717) is 12.8 Å². The van der Waals surface area contributed by atoms with Crippen LogP contribution in [0.3, 0.4) is 0 Å². The van der Waals surface area contributed by atoms with Gasteiger partial charge in [0.2, 0.25) is 5.91 Å². The van der Waals surface area contributed by atoms with E-state index in [2.05, 4.69) is 29.4 Å². The number of amides is 1. The summed E-state index contributed by atoms with van der Waals surface area (Å²) in [7, 11) is 0. The Kier molecular flexibility index (Phi) is 5.39. The number of aromatic nitrogens is 1. The molecule has 114 valence electrons. The summed E-state index contributed by atoms with van der Waals surface area (Å²) >= 11 is 0. The molecule has 0 spiro atoms. The maximum Gasteiger partial charge on any atom is 0.220 e. The normalized spacial score (nSPS) is 12.5. The highest BCUT2D eigenvalue weighted by Crippen LogP contribution is 2.22. The summed E-state index contributed by atoms with van der Waals surface area (Å²) in [6, 6.07) is 6.29. The van der Waals surface area contributed by atoms with Crippen LogP contribution in [0.1, 0.15) is 37.3 Å². The molecule has 4 heteroatoms. The highest BCUT2D eigenvalue weighted by Gasteiger charge is 2.11. The second-order valence-electron chi connectivity index (χ2n) is 5.50. The Balaban J connectivity index is 1.95. The number of hydrogen-bond acceptors (Lipinski definition) is 2. The molecular weight excluding hydrogens is 264 g/mol. The molecule has 4 nitrogen and oxygen atoms in total. The van der Waals surface area contributed by atoms with Crippen LogP contribution in [0.25, 0.3) is 10.9 Å². The standard InChI is InChI=1S/C17H24N2O2/c1-3-14(9-10-20)19-16(21)8-7-13-11-18-17-12(2)5-4-6-15(13)17/h4-6,11,14,18,20H,3,7-10H2,1-2H3,(H,19,21). The van der Waals surface area contributed by atoms with Gasteiger partial charge in [0.25, 0.3) is 0 Å². The Hall–Kier alpha value is -1.81. The lowest BCUT2D eigenvalue weighted by Gasteiger charge is -2.15. The number of aliphatic hydroxyl groups excluding tert-OH is 1. The van der Waals surface area contributed by atoms with Crippen molar-refractivity contribution in [1.82, 2.24) is 10.3 Å². The summed E-state index contributed by atoms with van der Waals surface area (Å²) in [6.07, 6.45) is 4.66. The molecule has 3 N–H and O–H groups in total. The molecule has 0 radical (unpaired) electrons. The zero-order valence-electron chi connectivity index (χ0n) is 12.8. The van der Waals surface area contributed by atoms with E-state index >= 15 is 0 Å². The highest BCUT2D eigenvalue weighted by atomic mass is 16.3. The van der Waals surface area contributed by atoms with E-state index in [1.807, 2.05) is 19.2 Å². The first-order valence-electron chi connectivity index (χ1n) is 7.61. The maximum absolute atomic E-state index is 12.0. The molecule has 0 saturated heterocycles. The van der Waals surface area contributed by atoms with E-state index in [1.54, 1.807) is 0 Å². The predicted octanol–water partition coefficient (Wildman–Crippen LogP) is 2.69. The van der Waals surface area contributed by atoms with Crippen molar-refractivity contribution in [1.29, 1.82) is 0 Å². The van der Waals surface area contributed by atoms with Crippen molar-refractivity contribution in [2.75, 3.05) is 6.61 Å². The third-order valence-electron chi connectivity index (χ3n) is 3.97. The summed E-state index contributed by atoms with van der Waals surface area (Å²) < 4.78 is 0. The number of H-pyrrole nitrogens is 1. The molecule has 0 aliphatic carbocycles. The number of para-hydroxylation sites is 1. The van der Waals surface area contributed by atoms with Gasteiger partial charge in [-0.3, -0.25) is 4.79 Å². The van der Waals surface area contributed by atoms with Gasteiger partial charge in [-0.25, -0.2) is 0 Å². The summed E-state index contributed by atoms with van der Waals surface area (Å²) in [5.41, 5.74) is 3.55. The lowest BCUT2D eigenvalue weighted by atomic mass is 10.1. The fourth-order valence-electron chi connectivity index (χ4n) is 2.65. The van der Waals surface area contributed by atoms with E-state index in [9.17, 15) is 4.79 Å². The number of aryl methyl sites for hydroxylation is 2. The van der Waals surface area contributed by atoms with E-state index in [4.69, 9.17) is 5.11 Å². The van der Waals surface area contributed by atoms with Crippen molar-refractivity contribution in [3.8, 4) is 0 Å². The molecular formula is C17H24N2O2. The van der Waals surface area contributed by atoms with Crippen LogP contribution in [0, 0.1) is 6.92 Å². The molecule has 1 aromatic carbocycles. The number of benzene rings is 1. The number of aromatic amines is 1. The predicted molar refractivity (Wildman–Crippen MR) is 85.3 cm³/mol. The number of fused-ring (bicyclic) bond motifs is 1. The third-order valence-corrected chi connectivity index (χ3v) is 3.97. The minimum Gasteiger partial charge on any atom is -0.396 e. The topological polar surface area (TPSA) is 65.1 Å². The zero-order chi connectivity index (χ0) is 15.2. The lowest BCUT2D eigenvalue weighted by molar-refractivity contribution is -0.121. The molecule has 2 aromatic rings. The van der Waals surface area contributed by atoms with Gasteiger partial charge in [-0.15, -0.1) is 0 Å². The van der Waals surface area contributed by atoms with Gasteiger partial charge < -0.3 is 15.4 Å². The number of nitrogens with one attached hydrogen (secondary N) is 2. The minimum absolute atomic E-state index is 0.0531. The smallest absolute Gasteiger partial charge is 0.220 e. The fourth-order valence-corrected chi connectivity index (χ4v) is 2.65. The van der Waals surface area contributed by atoms with Crippen LogP contribution in [-0.4, -0.2) is 28.6 Å². The number of hydrogen-bond donors (Lipinski definition) is 3. The van der Waals surface area contributed by atoms with Crippen molar-refractivity contribution in [2.24, 2.45) is 0 Å². The second-order valence-corrected chi connectivity index (χ2v) is 5.50. The molecule has 0 bridgehead atoms. The number of aliphatic hydroxyl groups is 1. The zero-order valence-corrected chi connectivity index (χ0v) is 12.8. The third kappa shape index (κ3) is 3.85. The van der Waals surface area contributed by atoms with Crippen molar-refractivity contribution < 1.29 is 9.90 Å². The first kappa shape index (κ1) is 15.6. The lowest BCUT2D eigenvalue weighted by Crippen LogP contribution is -2.35. The quantitative estimate of drug-likeness (QED) is 0.733. The van der Waals surface area contributed by atoms with Gasteiger partial charge in [0, 0.05) is 36.2 Å². The van der Waals surface area contributed by atoms with Gasteiger partial charge in [0.15, 0.2) is 0 Å². The number of carbonyl (C=O) groups is 1. The van der Waals surface area contributed by atoms with Crippen LogP contribution >= 0.6 is 0 Å². The first-order chi connectivity index (χ1) is 10.2. The molecule has 0 aliphatic heterocycles. The van der Waals surface area contributed by atoms with Crippen molar-refractivity contribution >= 4 is 16.8 Å². The molecule has 1 aromatic heterocycles. The molecule has 1 unspecified atom stereocenters. The Morgan fingerprint density at radius 3 is 2.95 bits per heavy atom. The van der Waals surface area contributed by atoms with Crippen LogP contribution in [0.4, 0.5) is 0 Å². The molecule has 2 rings (SSSR count). The summed E-state index contributed by atoms with van der Waals surface area (Å²) in [5.74, 6) is 0.0531. The van der Waals surface area contributed by atoms with Crippen LogP contribution in [0.5, 0.6) is 0 Å². The van der Waals surface area contributed by atoms with Crippen LogP contribution < -0.4 is 5.32 Å². The van der Waals surface area contributed by atoms with E-state index in [1.165, 1.54) is 16.5 Å². The van der Waals surface area contributed by atoms with Gasteiger partial charge in [-0.05, 0) is 37.3 Å². The van der Waals surface area contributed by atoms with Gasteiger partial charge >= 0.3 is 0 Å². The molecule has 1 atom stereocenters. The van der Waals surface area contributed by atoms with Gasteiger partial charge in [-0.2, -0.15) is 0 Å². The van der Waals surface area contributed by atoms with Crippen molar-refractivity contribution in [3.05, 3.63) is 35.5 Å². The first-order valence-corrected chi connectivity index (χ1v) is 7.61. The molecule has 0 aliphatic rings. The Morgan fingerprint density at radius 2 is 2.24 bits per heavy atom. The Labute approximate surface area is 125 Å². The monoisotopic (exact) mass is 288 g/mol. The van der Waals surface area contributed by atoms with Gasteiger partial charge in [0.05, 0.1) is 0 Å². The van der Waals surface area contributed by atoms with Crippen molar-refractivity contribution in [3.63, 3.8) is 0 Å². The van der Waals surface area contributed by atoms with Gasteiger partial charge in [-0.1, -0.05) is 25.1 Å².